The van der Waals surface area contributed by atoms with Gasteiger partial charge >= 0.3 is 5.97 Å². The van der Waals surface area contributed by atoms with Gasteiger partial charge in [0.05, 0.1) is 6.42 Å². The zero-order chi connectivity index (χ0) is 12.0. The third-order valence-electron chi connectivity index (χ3n) is 2.09. The predicted octanol–water partition coefficient (Wildman–Crippen LogP) is 2.09. The summed E-state index contributed by atoms with van der Waals surface area (Å²) in [5.74, 6) is -1.13. The third kappa shape index (κ3) is 4.59. The van der Waals surface area contributed by atoms with Crippen molar-refractivity contribution in [3.63, 3.8) is 0 Å². The van der Waals surface area contributed by atoms with Gasteiger partial charge in [0.2, 0.25) is 0 Å². The van der Waals surface area contributed by atoms with Gasteiger partial charge in [-0.15, -0.1) is 0 Å². The predicted molar refractivity (Wildman–Crippen MR) is 60.2 cm³/mol. The van der Waals surface area contributed by atoms with Crippen molar-refractivity contribution in [3.8, 4) is 0 Å². The van der Waals surface area contributed by atoms with Crippen LogP contribution in [0.3, 0.4) is 0 Å². The minimum absolute atomic E-state index is 0.0675. The molecule has 0 fully saturated rings. The first-order valence-corrected chi connectivity index (χ1v) is 5.34. The lowest BCUT2D eigenvalue weighted by atomic mass is 10.1. The SMILES string of the molecule is O=C(O)CCNCCc1cc(Cl)ccc1F. The number of hydrogen-bond acceptors (Lipinski definition) is 2. The second-order valence-corrected chi connectivity index (χ2v) is 3.82. The highest BCUT2D eigenvalue weighted by atomic mass is 35.5. The molecule has 0 aliphatic carbocycles. The molecule has 0 amide bonds. The zero-order valence-electron chi connectivity index (χ0n) is 8.67. The molecular weight excluding hydrogens is 233 g/mol. The zero-order valence-corrected chi connectivity index (χ0v) is 9.43. The maximum Gasteiger partial charge on any atom is 0.304 e. The summed E-state index contributed by atoms with van der Waals surface area (Å²) in [4.78, 5) is 10.2. The normalized spacial score (nSPS) is 10.4. The molecule has 2 N–H and O–H groups in total. The van der Waals surface area contributed by atoms with Crippen molar-refractivity contribution in [2.45, 2.75) is 12.8 Å². The summed E-state index contributed by atoms with van der Waals surface area (Å²) >= 11 is 5.73. The van der Waals surface area contributed by atoms with Crippen LogP contribution in [0.4, 0.5) is 4.39 Å². The number of benzene rings is 1. The van der Waals surface area contributed by atoms with Gasteiger partial charge in [-0.25, -0.2) is 4.39 Å². The number of hydrogen-bond donors (Lipinski definition) is 2. The molecule has 0 saturated carbocycles. The van der Waals surface area contributed by atoms with Crippen LogP contribution >= 0.6 is 11.6 Å². The lowest BCUT2D eigenvalue weighted by Gasteiger charge is -2.05. The molecule has 0 saturated heterocycles. The highest BCUT2D eigenvalue weighted by Crippen LogP contribution is 2.14. The van der Waals surface area contributed by atoms with Crippen LogP contribution in [0.5, 0.6) is 0 Å². The fraction of sp³-hybridized carbons (Fsp3) is 0.364. The molecule has 0 aliphatic rings. The van der Waals surface area contributed by atoms with Crippen molar-refractivity contribution >= 4 is 17.6 Å². The van der Waals surface area contributed by atoms with E-state index in [2.05, 4.69) is 5.32 Å². The van der Waals surface area contributed by atoms with Gasteiger partial charge in [0, 0.05) is 11.6 Å². The summed E-state index contributed by atoms with van der Waals surface area (Å²) in [5.41, 5.74) is 0.537. The van der Waals surface area contributed by atoms with Crippen LogP contribution < -0.4 is 5.32 Å². The Morgan fingerprint density at radius 3 is 2.88 bits per heavy atom. The largest absolute Gasteiger partial charge is 0.481 e. The molecule has 0 bridgehead atoms. The van der Waals surface area contributed by atoms with Gasteiger partial charge in [-0.3, -0.25) is 4.79 Å². The third-order valence-corrected chi connectivity index (χ3v) is 2.33. The van der Waals surface area contributed by atoms with E-state index < -0.39 is 5.97 Å². The molecule has 88 valence electrons. The lowest BCUT2D eigenvalue weighted by Crippen LogP contribution is -2.21. The van der Waals surface area contributed by atoms with Gasteiger partial charge in [0.15, 0.2) is 0 Å². The Kier molecular flexibility index (Phi) is 5.22. The van der Waals surface area contributed by atoms with E-state index in [1.165, 1.54) is 12.1 Å². The fourth-order valence-corrected chi connectivity index (χ4v) is 1.47. The molecule has 5 heteroatoms. The number of nitrogens with one attached hydrogen (secondary N) is 1. The van der Waals surface area contributed by atoms with Crippen molar-refractivity contribution in [1.29, 1.82) is 0 Å². The highest BCUT2D eigenvalue weighted by Gasteiger charge is 2.02. The number of rotatable bonds is 6. The van der Waals surface area contributed by atoms with Crippen LogP contribution in [0.15, 0.2) is 18.2 Å². The molecule has 0 unspecified atom stereocenters. The number of aliphatic carboxylic acids is 1. The Bertz CT molecular complexity index is 371. The first-order chi connectivity index (χ1) is 7.59. The van der Waals surface area contributed by atoms with Crippen LogP contribution in [-0.4, -0.2) is 24.2 Å². The molecule has 3 nitrogen and oxygen atoms in total. The molecule has 0 aromatic heterocycles. The van der Waals surface area contributed by atoms with E-state index >= 15 is 0 Å². The van der Waals surface area contributed by atoms with Crippen LogP contribution in [0, 0.1) is 5.82 Å². The van der Waals surface area contributed by atoms with Crippen molar-refractivity contribution < 1.29 is 14.3 Å². The molecule has 1 aromatic carbocycles. The molecule has 0 atom stereocenters. The quantitative estimate of drug-likeness (QED) is 0.755. The molecule has 16 heavy (non-hydrogen) atoms. The summed E-state index contributed by atoms with van der Waals surface area (Å²) in [5, 5.41) is 11.8. The molecule has 1 aromatic rings. The first-order valence-electron chi connectivity index (χ1n) is 4.96. The van der Waals surface area contributed by atoms with Crippen molar-refractivity contribution in [1.82, 2.24) is 5.32 Å². The van der Waals surface area contributed by atoms with E-state index in [1.54, 1.807) is 6.07 Å². The number of carboxylic acid groups (broad SMARTS) is 1. The Labute approximate surface area is 98.2 Å². The summed E-state index contributed by atoms with van der Waals surface area (Å²) in [6, 6.07) is 4.41. The van der Waals surface area contributed by atoms with Gasteiger partial charge < -0.3 is 10.4 Å². The van der Waals surface area contributed by atoms with Crippen molar-refractivity contribution in [3.05, 3.63) is 34.6 Å². The summed E-state index contributed by atoms with van der Waals surface area (Å²) < 4.78 is 13.2. The van der Waals surface area contributed by atoms with E-state index in [1.807, 2.05) is 0 Å². The Morgan fingerprint density at radius 2 is 2.19 bits per heavy atom. The molecule has 0 aliphatic heterocycles. The van der Waals surface area contributed by atoms with Crippen molar-refractivity contribution in [2.24, 2.45) is 0 Å². The highest BCUT2D eigenvalue weighted by molar-refractivity contribution is 6.30. The van der Waals surface area contributed by atoms with Crippen LogP contribution in [0.1, 0.15) is 12.0 Å². The lowest BCUT2D eigenvalue weighted by molar-refractivity contribution is -0.136. The van der Waals surface area contributed by atoms with Gasteiger partial charge in [-0.05, 0) is 36.7 Å². The monoisotopic (exact) mass is 245 g/mol. The average molecular weight is 246 g/mol. The first kappa shape index (κ1) is 12.9. The molecule has 0 spiro atoms. The molecule has 0 radical (unpaired) electrons. The van der Waals surface area contributed by atoms with E-state index in [-0.39, 0.29) is 12.2 Å². The van der Waals surface area contributed by atoms with E-state index in [0.29, 0.717) is 30.1 Å². The van der Waals surface area contributed by atoms with Crippen LogP contribution in [0.2, 0.25) is 5.02 Å². The van der Waals surface area contributed by atoms with Gasteiger partial charge in [0.25, 0.3) is 0 Å². The summed E-state index contributed by atoms with van der Waals surface area (Å²) in [6.07, 6.45) is 0.560. The molecule has 1 rings (SSSR count). The van der Waals surface area contributed by atoms with Gasteiger partial charge in [-0.1, -0.05) is 11.6 Å². The Balaban J connectivity index is 2.31. The summed E-state index contributed by atoms with van der Waals surface area (Å²) in [6.45, 7) is 0.919. The fourth-order valence-electron chi connectivity index (χ4n) is 1.28. The minimum atomic E-state index is -0.846. The molecule has 0 heterocycles. The van der Waals surface area contributed by atoms with Gasteiger partial charge in [-0.2, -0.15) is 0 Å². The minimum Gasteiger partial charge on any atom is -0.481 e. The number of carboxylic acids is 1. The second kappa shape index (κ2) is 6.45. The number of halogens is 2. The van der Waals surface area contributed by atoms with E-state index in [9.17, 15) is 9.18 Å². The Morgan fingerprint density at radius 1 is 1.44 bits per heavy atom. The molecular formula is C11H13ClFNO2. The maximum atomic E-state index is 13.2. The van der Waals surface area contributed by atoms with E-state index in [4.69, 9.17) is 16.7 Å². The maximum absolute atomic E-state index is 13.2. The second-order valence-electron chi connectivity index (χ2n) is 3.38. The van der Waals surface area contributed by atoms with Crippen LogP contribution in [0.25, 0.3) is 0 Å². The standard InChI is InChI=1S/C11H13ClFNO2/c12-9-1-2-10(13)8(7-9)3-5-14-6-4-11(15)16/h1-2,7,14H,3-6H2,(H,15,16). The smallest absolute Gasteiger partial charge is 0.304 e. The van der Waals surface area contributed by atoms with Crippen LogP contribution in [-0.2, 0) is 11.2 Å². The summed E-state index contributed by atoms with van der Waals surface area (Å²) in [7, 11) is 0. The average Bonchev–Trinajstić information content (AvgIpc) is 2.22. The van der Waals surface area contributed by atoms with Crippen molar-refractivity contribution in [2.75, 3.05) is 13.1 Å². The number of carbonyl (C=O) groups is 1. The van der Waals surface area contributed by atoms with Gasteiger partial charge in [0.1, 0.15) is 5.82 Å². The van der Waals surface area contributed by atoms with E-state index in [0.717, 1.165) is 0 Å². The topological polar surface area (TPSA) is 49.3 Å². The Hall–Kier alpha value is -1.13.